The molecule has 5 rings (SSSR count). The number of carbonyl (C=O) groups is 2. The zero-order valence-electron chi connectivity index (χ0n) is 22.7. The average molecular weight is 604 g/mol. The van der Waals surface area contributed by atoms with E-state index in [1.807, 2.05) is 11.4 Å². The Morgan fingerprint density at radius 2 is 2.05 bits per heavy atom. The third-order valence-electron chi connectivity index (χ3n) is 7.61. The number of halogens is 1. The number of amides is 1. The molecule has 2 saturated heterocycles. The molecule has 0 radical (unpaired) electrons. The zero-order valence-corrected chi connectivity index (χ0v) is 25.1. The summed E-state index contributed by atoms with van der Waals surface area (Å²) < 4.78 is 0. The number of nitrogens with one attached hydrogen (secondary N) is 1. The Morgan fingerprint density at radius 3 is 2.73 bits per heavy atom. The van der Waals surface area contributed by atoms with Crippen LogP contribution in [0.1, 0.15) is 54.9 Å². The van der Waals surface area contributed by atoms with Crippen LogP contribution >= 0.6 is 34.3 Å². The van der Waals surface area contributed by atoms with Gasteiger partial charge in [-0.15, -0.1) is 11.3 Å². The number of aromatic nitrogens is 3. The first kappa shape index (κ1) is 28.9. The van der Waals surface area contributed by atoms with E-state index in [1.54, 1.807) is 17.5 Å². The molecule has 2 fully saturated rings. The summed E-state index contributed by atoms with van der Waals surface area (Å²) in [7, 11) is 0. The summed E-state index contributed by atoms with van der Waals surface area (Å²) in [4.78, 5) is 46.6. The summed E-state index contributed by atoms with van der Waals surface area (Å²) in [5.41, 5.74) is 1.09. The lowest BCUT2D eigenvalue weighted by atomic mass is 10.1. The fraction of sp³-hybridized carbons (Fsp3) is 0.519. The van der Waals surface area contributed by atoms with E-state index in [-0.39, 0.29) is 24.1 Å². The first-order valence-corrected chi connectivity index (χ1v) is 15.7. The van der Waals surface area contributed by atoms with E-state index in [0.29, 0.717) is 35.1 Å². The maximum absolute atomic E-state index is 13.1. The Labute approximate surface area is 247 Å². The van der Waals surface area contributed by atoms with Gasteiger partial charge in [0.2, 0.25) is 0 Å². The highest BCUT2D eigenvalue weighted by atomic mass is 35.5. The molecule has 214 valence electrons. The van der Waals surface area contributed by atoms with Gasteiger partial charge in [-0.05, 0) is 38.8 Å². The topological polar surface area (TPSA) is 115 Å². The number of likely N-dealkylation sites (tertiary alicyclic amines) is 1. The molecule has 0 aliphatic carbocycles. The molecule has 2 atom stereocenters. The number of nitrogens with zero attached hydrogens (tertiary/aromatic N) is 6. The fourth-order valence-electron chi connectivity index (χ4n) is 5.43. The standard InChI is InChI=1S/C27H34ClN7O3S2/c1-3-19-5-4-7-34(19)15-22-25(21-11-18(28)16-39-21)31-27(40-22)32-26(38)20-12-30-23(13-29-20)35-10-9-33(17(2)14-35)8-6-24(36)37/h11-13,16-17,19H,3-10,14-15H2,1-2H3,(H,36,37)(H,31,32,38)/t17-,19-/m1/s1. The molecular formula is C27H34ClN7O3S2. The number of thiazole rings is 1. The van der Waals surface area contributed by atoms with Gasteiger partial charge in [-0.25, -0.2) is 15.0 Å². The lowest BCUT2D eigenvalue weighted by Crippen LogP contribution is -2.52. The van der Waals surface area contributed by atoms with Gasteiger partial charge >= 0.3 is 5.97 Å². The lowest BCUT2D eigenvalue weighted by molar-refractivity contribution is -0.137. The van der Waals surface area contributed by atoms with Gasteiger partial charge in [-0.2, -0.15) is 0 Å². The highest BCUT2D eigenvalue weighted by molar-refractivity contribution is 7.17. The van der Waals surface area contributed by atoms with Crippen molar-refractivity contribution in [3.8, 4) is 10.6 Å². The van der Waals surface area contributed by atoms with Crippen molar-refractivity contribution in [3.63, 3.8) is 0 Å². The number of anilines is 2. The van der Waals surface area contributed by atoms with E-state index in [1.165, 1.54) is 30.4 Å². The molecule has 3 aromatic heterocycles. The second-order valence-electron chi connectivity index (χ2n) is 10.3. The molecule has 3 aromatic rings. The number of carbonyl (C=O) groups excluding carboxylic acids is 1. The first-order chi connectivity index (χ1) is 19.3. The van der Waals surface area contributed by atoms with Crippen molar-refractivity contribution in [3.05, 3.63) is 39.4 Å². The molecule has 2 N–H and O–H groups in total. The molecule has 2 aliphatic heterocycles. The number of carboxylic acid groups (broad SMARTS) is 1. The lowest BCUT2D eigenvalue weighted by Gasteiger charge is -2.40. The molecule has 5 heterocycles. The SMILES string of the molecule is CC[C@@H]1CCCN1Cc1sc(NC(=O)c2cnc(N3CCN(CCC(=O)O)[C@H](C)C3)cn2)nc1-c1cc(Cl)cs1. The van der Waals surface area contributed by atoms with E-state index in [0.717, 1.165) is 48.0 Å². The molecule has 1 amide bonds. The number of thiophene rings is 1. The monoisotopic (exact) mass is 603 g/mol. The number of piperazine rings is 1. The molecule has 0 bridgehead atoms. The summed E-state index contributed by atoms with van der Waals surface area (Å²) in [5, 5.41) is 15.0. The van der Waals surface area contributed by atoms with Gasteiger partial charge in [0.15, 0.2) is 5.13 Å². The quantitative estimate of drug-likeness (QED) is 0.333. The molecular weight excluding hydrogens is 570 g/mol. The molecule has 0 aromatic carbocycles. The maximum Gasteiger partial charge on any atom is 0.304 e. The minimum Gasteiger partial charge on any atom is -0.481 e. The van der Waals surface area contributed by atoms with Crippen LogP contribution in [0.25, 0.3) is 10.6 Å². The van der Waals surface area contributed by atoms with Crippen LogP contribution in [0.5, 0.6) is 0 Å². The molecule has 0 unspecified atom stereocenters. The fourth-order valence-corrected chi connectivity index (χ4v) is 7.58. The van der Waals surface area contributed by atoms with E-state index in [4.69, 9.17) is 21.7 Å². The number of carboxylic acids is 1. The molecule has 2 aliphatic rings. The average Bonchev–Trinajstić information content (AvgIpc) is 3.68. The highest BCUT2D eigenvalue weighted by Crippen LogP contribution is 2.38. The van der Waals surface area contributed by atoms with E-state index < -0.39 is 5.97 Å². The molecule has 13 heteroatoms. The van der Waals surface area contributed by atoms with Crippen molar-refractivity contribution in [2.24, 2.45) is 0 Å². The second kappa shape index (κ2) is 12.9. The maximum atomic E-state index is 13.1. The number of hydrogen-bond donors (Lipinski definition) is 2. The summed E-state index contributed by atoms with van der Waals surface area (Å²) in [6.07, 6.45) is 6.79. The minimum absolute atomic E-state index is 0.134. The first-order valence-electron chi connectivity index (χ1n) is 13.6. The van der Waals surface area contributed by atoms with Crippen LogP contribution < -0.4 is 10.2 Å². The molecule has 0 spiro atoms. The van der Waals surface area contributed by atoms with Gasteiger partial charge in [-0.1, -0.05) is 29.9 Å². The summed E-state index contributed by atoms with van der Waals surface area (Å²) in [5.74, 6) is -0.437. The van der Waals surface area contributed by atoms with Crippen molar-refractivity contribution >= 4 is 57.1 Å². The predicted octanol–water partition coefficient (Wildman–Crippen LogP) is 4.93. The number of hydrogen-bond acceptors (Lipinski definition) is 10. The van der Waals surface area contributed by atoms with Gasteiger partial charge in [0, 0.05) is 55.1 Å². The largest absolute Gasteiger partial charge is 0.481 e. The van der Waals surface area contributed by atoms with Crippen molar-refractivity contribution in [2.45, 2.75) is 58.2 Å². The number of rotatable bonds is 10. The normalized spacial score (nSPS) is 20.2. The van der Waals surface area contributed by atoms with Crippen LogP contribution in [0.15, 0.2) is 23.8 Å². The number of aliphatic carboxylic acids is 1. The van der Waals surface area contributed by atoms with Crippen molar-refractivity contribution in [1.82, 2.24) is 24.8 Å². The van der Waals surface area contributed by atoms with Crippen LogP contribution in [0.2, 0.25) is 5.02 Å². The molecule has 40 heavy (non-hydrogen) atoms. The van der Waals surface area contributed by atoms with Crippen LogP contribution in [0.4, 0.5) is 10.9 Å². The third kappa shape index (κ3) is 6.80. The second-order valence-corrected chi connectivity index (χ2v) is 12.7. The van der Waals surface area contributed by atoms with E-state index in [9.17, 15) is 9.59 Å². The summed E-state index contributed by atoms with van der Waals surface area (Å²) in [6.45, 7) is 8.90. The third-order valence-corrected chi connectivity index (χ3v) is 9.85. The van der Waals surface area contributed by atoms with Crippen molar-refractivity contribution in [1.29, 1.82) is 0 Å². The van der Waals surface area contributed by atoms with Gasteiger partial charge < -0.3 is 10.0 Å². The van der Waals surface area contributed by atoms with Crippen LogP contribution in [0, 0.1) is 0 Å². The van der Waals surface area contributed by atoms with Gasteiger partial charge in [0.05, 0.1) is 34.4 Å². The van der Waals surface area contributed by atoms with Crippen molar-refractivity contribution in [2.75, 3.05) is 42.9 Å². The smallest absolute Gasteiger partial charge is 0.304 e. The van der Waals surface area contributed by atoms with Gasteiger partial charge in [0.1, 0.15) is 11.5 Å². The summed E-state index contributed by atoms with van der Waals surface area (Å²) >= 11 is 9.28. The molecule has 0 saturated carbocycles. The van der Waals surface area contributed by atoms with Gasteiger partial charge in [-0.3, -0.25) is 24.7 Å². The zero-order chi connectivity index (χ0) is 28.2. The van der Waals surface area contributed by atoms with E-state index >= 15 is 0 Å². The Morgan fingerprint density at radius 1 is 1.20 bits per heavy atom. The Hall–Kier alpha value is -2.64. The Balaban J connectivity index is 1.25. The minimum atomic E-state index is -0.785. The van der Waals surface area contributed by atoms with Crippen LogP contribution in [-0.4, -0.2) is 86.5 Å². The predicted molar refractivity (Wildman–Crippen MR) is 160 cm³/mol. The molecule has 10 nitrogen and oxygen atoms in total. The van der Waals surface area contributed by atoms with Crippen molar-refractivity contribution < 1.29 is 14.7 Å². The van der Waals surface area contributed by atoms with Crippen LogP contribution in [0.3, 0.4) is 0 Å². The Kier molecular flexibility index (Phi) is 9.31. The summed E-state index contributed by atoms with van der Waals surface area (Å²) in [6, 6.07) is 2.69. The Bertz CT molecular complexity index is 1330. The van der Waals surface area contributed by atoms with Gasteiger partial charge in [0.25, 0.3) is 5.91 Å². The van der Waals surface area contributed by atoms with Crippen LogP contribution in [-0.2, 0) is 11.3 Å². The van der Waals surface area contributed by atoms with E-state index in [2.05, 4.69) is 43.8 Å². The highest BCUT2D eigenvalue weighted by Gasteiger charge is 2.27.